The molecule has 0 aromatic rings. The Balaban J connectivity index is 4.23. The van der Waals surface area contributed by atoms with Crippen LogP contribution in [-0.4, -0.2) is 23.8 Å². The SMILES string of the molecule is CCCCCC[C@H](OC(C)C)[C@H](I)[Si](C)(C)C. The Bertz CT molecular complexity index is 189. The monoisotopic (exact) mass is 370 g/mol. The Labute approximate surface area is 123 Å². The van der Waals surface area contributed by atoms with E-state index < -0.39 is 8.07 Å². The fourth-order valence-corrected chi connectivity index (χ4v) is 3.85. The van der Waals surface area contributed by atoms with Gasteiger partial charge in [0.05, 0.1) is 20.3 Å². The van der Waals surface area contributed by atoms with Crippen molar-refractivity contribution >= 4 is 30.7 Å². The lowest BCUT2D eigenvalue weighted by atomic mass is 10.1. The molecule has 0 saturated carbocycles. The van der Waals surface area contributed by atoms with Crippen LogP contribution in [0.5, 0.6) is 0 Å². The van der Waals surface area contributed by atoms with E-state index in [0.717, 1.165) is 3.55 Å². The van der Waals surface area contributed by atoms with Crippen molar-refractivity contribution in [2.75, 3.05) is 0 Å². The Kier molecular flexibility index (Phi) is 9.39. The van der Waals surface area contributed by atoms with Crippen LogP contribution in [0.1, 0.15) is 52.9 Å². The number of ether oxygens (including phenoxy) is 1. The zero-order chi connectivity index (χ0) is 13.5. The van der Waals surface area contributed by atoms with Gasteiger partial charge in [-0.05, 0) is 20.3 Å². The van der Waals surface area contributed by atoms with Crippen molar-refractivity contribution in [3.8, 4) is 0 Å². The van der Waals surface area contributed by atoms with Crippen LogP contribution in [0.4, 0.5) is 0 Å². The van der Waals surface area contributed by atoms with Crippen LogP contribution in [0, 0.1) is 0 Å². The van der Waals surface area contributed by atoms with Gasteiger partial charge in [-0.25, -0.2) is 0 Å². The molecule has 0 fully saturated rings. The summed E-state index contributed by atoms with van der Waals surface area (Å²) >= 11 is 2.64. The molecule has 104 valence electrons. The number of halogens is 1. The van der Waals surface area contributed by atoms with Gasteiger partial charge in [-0.1, -0.05) is 74.8 Å². The van der Waals surface area contributed by atoms with Crippen molar-refractivity contribution in [3.63, 3.8) is 0 Å². The summed E-state index contributed by atoms with van der Waals surface area (Å²) in [6, 6.07) is 0. The summed E-state index contributed by atoms with van der Waals surface area (Å²) in [7, 11) is -1.10. The van der Waals surface area contributed by atoms with E-state index in [-0.39, 0.29) is 0 Å². The molecule has 0 unspecified atom stereocenters. The van der Waals surface area contributed by atoms with Crippen molar-refractivity contribution in [2.45, 2.75) is 88.3 Å². The number of hydrogen-bond acceptors (Lipinski definition) is 1. The van der Waals surface area contributed by atoms with Crippen LogP contribution in [0.2, 0.25) is 19.6 Å². The summed E-state index contributed by atoms with van der Waals surface area (Å²) in [4.78, 5) is 0. The summed E-state index contributed by atoms with van der Waals surface area (Å²) in [6.45, 7) is 13.9. The van der Waals surface area contributed by atoms with Crippen LogP contribution in [-0.2, 0) is 4.74 Å². The van der Waals surface area contributed by atoms with E-state index in [2.05, 4.69) is 63.0 Å². The van der Waals surface area contributed by atoms with E-state index in [1.54, 1.807) is 0 Å². The maximum Gasteiger partial charge on any atom is 0.0671 e. The Morgan fingerprint density at radius 1 is 1.06 bits per heavy atom. The summed E-state index contributed by atoms with van der Waals surface area (Å²) in [6.07, 6.45) is 7.46. The lowest BCUT2D eigenvalue weighted by Gasteiger charge is -2.33. The van der Waals surface area contributed by atoms with Gasteiger partial charge in [-0.3, -0.25) is 0 Å². The van der Waals surface area contributed by atoms with Gasteiger partial charge in [0, 0.05) is 3.55 Å². The van der Waals surface area contributed by atoms with Crippen molar-refractivity contribution in [1.29, 1.82) is 0 Å². The average Bonchev–Trinajstić information content (AvgIpc) is 2.19. The smallest absolute Gasteiger partial charge is 0.0671 e. The van der Waals surface area contributed by atoms with Gasteiger partial charge >= 0.3 is 0 Å². The number of rotatable bonds is 9. The van der Waals surface area contributed by atoms with Gasteiger partial charge in [0.2, 0.25) is 0 Å². The molecule has 0 rings (SSSR count). The van der Waals surface area contributed by atoms with E-state index in [1.165, 1.54) is 32.1 Å². The fraction of sp³-hybridized carbons (Fsp3) is 1.00. The number of hydrogen-bond donors (Lipinski definition) is 0. The van der Waals surface area contributed by atoms with E-state index in [4.69, 9.17) is 4.74 Å². The van der Waals surface area contributed by atoms with Gasteiger partial charge in [-0.15, -0.1) is 0 Å². The molecule has 0 aromatic carbocycles. The van der Waals surface area contributed by atoms with Crippen LogP contribution in [0.3, 0.4) is 0 Å². The molecular formula is C14H31IOSi. The molecule has 0 aliphatic heterocycles. The van der Waals surface area contributed by atoms with E-state index in [1.807, 2.05) is 0 Å². The fourth-order valence-electron chi connectivity index (χ4n) is 1.96. The molecule has 0 saturated heterocycles. The highest BCUT2D eigenvalue weighted by Gasteiger charge is 2.32. The summed E-state index contributed by atoms with van der Waals surface area (Å²) < 4.78 is 6.87. The van der Waals surface area contributed by atoms with Gasteiger partial charge < -0.3 is 4.74 Å². The quantitative estimate of drug-likeness (QED) is 0.228. The van der Waals surface area contributed by atoms with E-state index in [0.29, 0.717) is 12.2 Å². The largest absolute Gasteiger partial charge is 0.375 e. The molecule has 0 aliphatic rings. The highest BCUT2D eigenvalue weighted by atomic mass is 127. The first kappa shape index (κ1) is 17.9. The minimum atomic E-state index is -1.10. The third kappa shape index (κ3) is 8.60. The molecule has 0 bridgehead atoms. The minimum absolute atomic E-state index is 0.361. The topological polar surface area (TPSA) is 9.23 Å². The lowest BCUT2D eigenvalue weighted by Crippen LogP contribution is -2.44. The molecule has 0 amide bonds. The van der Waals surface area contributed by atoms with Crippen LogP contribution < -0.4 is 0 Å². The molecule has 1 nitrogen and oxygen atoms in total. The second-order valence-electron chi connectivity index (χ2n) is 6.34. The standard InChI is InChI=1S/C14H31IOSi/c1-7-8-9-10-11-13(16-12(2)3)14(15)17(4,5)6/h12-14H,7-11H2,1-6H3/t13-,14+/m0/s1. The molecule has 3 heteroatoms. The predicted octanol–water partition coefficient (Wildman–Crippen LogP) is 5.43. The van der Waals surface area contributed by atoms with Crippen LogP contribution in [0.15, 0.2) is 0 Å². The molecule has 17 heavy (non-hydrogen) atoms. The molecular weight excluding hydrogens is 339 g/mol. The zero-order valence-electron chi connectivity index (χ0n) is 12.6. The van der Waals surface area contributed by atoms with Gasteiger partial charge in [-0.2, -0.15) is 0 Å². The summed E-state index contributed by atoms with van der Waals surface area (Å²) in [5.41, 5.74) is 0. The van der Waals surface area contributed by atoms with Gasteiger partial charge in [0.1, 0.15) is 0 Å². The lowest BCUT2D eigenvalue weighted by molar-refractivity contribution is 0.0115. The van der Waals surface area contributed by atoms with Gasteiger partial charge in [0.15, 0.2) is 0 Å². The van der Waals surface area contributed by atoms with Crippen LogP contribution in [0.25, 0.3) is 0 Å². The average molecular weight is 370 g/mol. The number of alkyl halides is 1. The molecule has 0 aliphatic carbocycles. The molecule has 0 spiro atoms. The molecule has 2 atom stereocenters. The molecule has 0 aromatic heterocycles. The van der Waals surface area contributed by atoms with E-state index in [9.17, 15) is 0 Å². The molecule has 0 radical (unpaired) electrons. The zero-order valence-corrected chi connectivity index (χ0v) is 15.7. The van der Waals surface area contributed by atoms with Crippen LogP contribution >= 0.6 is 22.6 Å². The molecule has 0 N–H and O–H groups in total. The van der Waals surface area contributed by atoms with Crippen molar-refractivity contribution in [1.82, 2.24) is 0 Å². The maximum atomic E-state index is 6.15. The van der Waals surface area contributed by atoms with Crippen molar-refractivity contribution in [2.24, 2.45) is 0 Å². The van der Waals surface area contributed by atoms with Crippen molar-refractivity contribution in [3.05, 3.63) is 0 Å². The predicted molar refractivity (Wildman–Crippen MR) is 89.9 cm³/mol. The molecule has 0 heterocycles. The third-order valence-electron chi connectivity index (χ3n) is 2.94. The highest BCUT2D eigenvalue weighted by Crippen LogP contribution is 2.26. The first-order chi connectivity index (χ1) is 7.79. The Morgan fingerprint density at radius 2 is 1.65 bits per heavy atom. The van der Waals surface area contributed by atoms with Crippen molar-refractivity contribution < 1.29 is 4.74 Å². The first-order valence-electron chi connectivity index (χ1n) is 7.08. The highest BCUT2D eigenvalue weighted by molar-refractivity contribution is 14.1. The maximum absolute atomic E-state index is 6.15. The Hall–Kier alpha value is 0.907. The third-order valence-corrected chi connectivity index (χ3v) is 11.4. The number of unbranched alkanes of at least 4 members (excludes halogenated alkanes) is 3. The second-order valence-corrected chi connectivity index (χ2v) is 14.2. The first-order valence-corrected chi connectivity index (χ1v) is 11.9. The summed E-state index contributed by atoms with van der Waals surface area (Å²) in [5, 5.41) is 0. The summed E-state index contributed by atoms with van der Waals surface area (Å²) in [5.74, 6) is 0. The normalized spacial score (nSPS) is 16.2. The second kappa shape index (κ2) is 8.91. The Morgan fingerprint density at radius 3 is 2.06 bits per heavy atom. The van der Waals surface area contributed by atoms with E-state index >= 15 is 0 Å². The minimum Gasteiger partial charge on any atom is -0.375 e. The van der Waals surface area contributed by atoms with Gasteiger partial charge in [0.25, 0.3) is 0 Å².